The molecule has 2 aliphatic rings. The molecule has 2 fully saturated rings. The van der Waals surface area contributed by atoms with E-state index in [1.165, 1.54) is 0 Å². The average Bonchev–Trinajstić information content (AvgIpc) is 3.17. The fourth-order valence-electron chi connectivity index (χ4n) is 3.02. The highest BCUT2D eigenvalue weighted by atomic mass is 16.5. The number of imidazole rings is 1. The van der Waals surface area contributed by atoms with Gasteiger partial charge in [0.05, 0.1) is 6.61 Å². The summed E-state index contributed by atoms with van der Waals surface area (Å²) < 4.78 is 13.6. The highest BCUT2D eigenvalue weighted by Gasteiger charge is 2.29. The van der Waals surface area contributed by atoms with Crippen LogP contribution in [0, 0.1) is 0 Å². The zero-order valence-corrected chi connectivity index (χ0v) is 10.8. The van der Waals surface area contributed by atoms with Crippen molar-refractivity contribution in [2.24, 2.45) is 0 Å². The van der Waals surface area contributed by atoms with Crippen molar-refractivity contribution in [2.75, 3.05) is 19.8 Å². The van der Waals surface area contributed by atoms with E-state index >= 15 is 0 Å². The lowest BCUT2D eigenvalue weighted by Gasteiger charge is -2.17. The Morgan fingerprint density at radius 1 is 1.26 bits per heavy atom. The number of fused-ring (bicyclic) bond motifs is 1. The zero-order valence-electron chi connectivity index (χ0n) is 10.8. The van der Waals surface area contributed by atoms with Gasteiger partial charge in [-0.3, -0.25) is 4.57 Å². The summed E-state index contributed by atoms with van der Waals surface area (Å²) in [5.41, 5.74) is 1.90. The number of hydrogen-bond donors (Lipinski definition) is 0. The number of nitrogens with zero attached hydrogens (tertiary/aromatic N) is 3. The van der Waals surface area contributed by atoms with E-state index in [4.69, 9.17) is 14.5 Å². The fraction of sp³-hybridized carbons (Fsp3) is 0.571. The molecule has 2 atom stereocenters. The third kappa shape index (κ3) is 1.84. The summed E-state index contributed by atoms with van der Waals surface area (Å²) in [4.78, 5) is 9.28. The molecule has 0 spiro atoms. The minimum atomic E-state index is 0.0931. The molecule has 4 rings (SSSR count). The third-order valence-corrected chi connectivity index (χ3v) is 3.96. The van der Waals surface area contributed by atoms with Gasteiger partial charge in [-0.2, -0.15) is 0 Å². The van der Waals surface area contributed by atoms with Gasteiger partial charge in [0.1, 0.15) is 17.6 Å². The Morgan fingerprint density at radius 2 is 2.26 bits per heavy atom. The van der Waals surface area contributed by atoms with Crippen LogP contribution in [-0.4, -0.2) is 34.4 Å². The van der Waals surface area contributed by atoms with Gasteiger partial charge in [0.25, 0.3) is 0 Å². The van der Waals surface area contributed by atoms with Gasteiger partial charge in [-0.15, -0.1) is 0 Å². The lowest BCUT2D eigenvalue weighted by Crippen LogP contribution is -2.15. The van der Waals surface area contributed by atoms with E-state index in [-0.39, 0.29) is 6.23 Å². The van der Waals surface area contributed by atoms with Gasteiger partial charge in [0, 0.05) is 25.3 Å². The molecule has 0 radical (unpaired) electrons. The molecule has 5 heteroatoms. The highest BCUT2D eigenvalue weighted by molar-refractivity contribution is 5.71. The maximum Gasteiger partial charge on any atom is 0.162 e. The first-order valence-electron chi connectivity index (χ1n) is 6.95. The van der Waals surface area contributed by atoms with Gasteiger partial charge in [0.15, 0.2) is 5.65 Å². The van der Waals surface area contributed by atoms with Crippen LogP contribution in [0.3, 0.4) is 0 Å². The Hall–Kier alpha value is -1.46. The molecule has 100 valence electrons. The first-order valence-corrected chi connectivity index (χ1v) is 6.95. The highest BCUT2D eigenvalue weighted by Crippen LogP contribution is 2.33. The molecule has 2 aromatic heterocycles. The summed E-state index contributed by atoms with van der Waals surface area (Å²) in [6.07, 6.45) is 5.11. The monoisotopic (exact) mass is 259 g/mol. The predicted octanol–water partition coefficient (Wildman–Crippen LogP) is 2.24. The van der Waals surface area contributed by atoms with Crippen LogP contribution in [-0.2, 0) is 9.47 Å². The van der Waals surface area contributed by atoms with Crippen molar-refractivity contribution in [1.82, 2.24) is 14.5 Å². The van der Waals surface area contributed by atoms with Crippen LogP contribution in [0.15, 0.2) is 18.3 Å². The van der Waals surface area contributed by atoms with Crippen LogP contribution >= 0.6 is 0 Å². The van der Waals surface area contributed by atoms with Crippen molar-refractivity contribution >= 4 is 11.2 Å². The summed E-state index contributed by atoms with van der Waals surface area (Å²) in [7, 11) is 0. The van der Waals surface area contributed by atoms with Crippen LogP contribution < -0.4 is 0 Å². The molecule has 2 saturated heterocycles. The molecule has 19 heavy (non-hydrogen) atoms. The lowest BCUT2D eigenvalue weighted by molar-refractivity contribution is 0.0559. The molecule has 5 nitrogen and oxygen atoms in total. The van der Waals surface area contributed by atoms with Crippen LogP contribution in [0.2, 0.25) is 0 Å². The van der Waals surface area contributed by atoms with Gasteiger partial charge in [-0.25, -0.2) is 9.97 Å². The first kappa shape index (κ1) is 11.4. The second-order valence-electron chi connectivity index (χ2n) is 5.21. The largest absolute Gasteiger partial charge is 0.381 e. The van der Waals surface area contributed by atoms with Crippen molar-refractivity contribution in [3.63, 3.8) is 0 Å². The molecular weight excluding hydrogens is 242 g/mol. The molecule has 4 heterocycles. The molecule has 0 saturated carbocycles. The van der Waals surface area contributed by atoms with Crippen LogP contribution in [0.5, 0.6) is 0 Å². The van der Waals surface area contributed by atoms with Gasteiger partial charge in [0.2, 0.25) is 0 Å². The Morgan fingerprint density at radius 3 is 3.05 bits per heavy atom. The quantitative estimate of drug-likeness (QED) is 0.830. The Bertz CT molecular complexity index is 583. The average molecular weight is 259 g/mol. The Kier molecular flexibility index (Phi) is 2.74. The zero-order chi connectivity index (χ0) is 12.7. The second kappa shape index (κ2) is 4.58. The minimum absolute atomic E-state index is 0.0931. The Balaban J connectivity index is 1.87. The molecule has 0 N–H and O–H groups in total. The summed E-state index contributed by atoms with van der Waals surface area (Å²) in [6, 6.07) is 3.96. The standard InChI is InChI=1S/C14H17N3O2/c1-3-11-14(15-6-1)17(12-4-2-7-19-12)13(16-11)10-5-8-18-9-10/h1,3,6,10,12H,2,4-5,7-9H2. The van der Waals surface area contributed by atoms with E-state index < -0.39 is 0 Å². The third-order valence-electron chi connectivity index (χ3n) is 3.96. The van der Waals surface area contributed by atoms with Crippen molar-refractivity contribution in [2.45, 2.75) is 31.4 Å². The van der Waals surface area contributed by atoms with Crippen LogP contribution in [0.4, 0.5) is 0 Å². The van der Waals surface area contributed by atoms with Gasteiger partial charge < -0.3 is 9.47 Å². The second-order valence-corrected chi connectivity index (χ2v) is 5.21. The number of rotatable bonds is 2. The van der Waals surface area contributed by atoms with Gasteiger partial charge in [-0.05, 0) is 31.4 Å². The normalized spacial score (nSPS) is 27.4. The van der Waals surface area contributed by atoms with E-state index in [9.17, 15) is 0 Å². The van der Waals surface area contributed by atoms with Crippen LogP contribution in [0.1, 0.15) is 37.2 Å². The first-order chi connectivity index (χ1) is 9.43. The predicted molar refractivity (Wildman–Crippen MR) is 69.9 cm³/mol. The molecule has 0 bridgehead atoms. The summed E-state index contributed by atoms with van der Waals surface area (Å²) >= 11 is 0. The molecule has 0 amide bonds. The SMILES string of the molecule is c1cnc2c(c1)nc(C1CCOC1)n2C1CCCO1. The van der Waals surface area contributed by atoms with Gasteiger partial charge >= 0.3 is 0 Å². The topological polar surface area (TPSA) is 49.2 Å². The maximum atomic E-state index is 5.85. The number of hydrogen-bond acceptors (Lipinski definition) is 4. The Labute approximate surface area is 111 Å². The van der Waals surface area contributed by atoms with E-state index in [2.05, 4.69) is 9.55 Å². The lowest BCUT2D eigenvalue weighted by atomic mass is 10.1. The summed E-state index contributed by atoms with van der Waals surface area (Å²) in [6.45, 7) is 2.42. The number of aromatic nitrogens is 3. The van der Waals surface area contributed by atoms with Gasteiger partial charge in [-0.1, -0.05) is 0 Å². The minimum Gasteiger partial charge on any atom is -0.381 e. The smallest absolute Gasteiger partial charge is 0.162 e. The number of ether oxygens (including phenoxy) is 2. The maximum absolute atomic E-state index is 5.85. The molecule has 2 unspecified atom stereocenters. The van der Waals surface area contributed by atoms with E-state index in [0.717, 1.165) is 56.1 Å². The molecular formula is C14H17N3O2. The molecule has 2 aromatic rings. The summed E-state index contributed by atoms with van der Waals surface area (Å²) in [5, 5.41) is 0. The van der Waals surface area contributed by atoms with Crippen LogP contribution in [0.25, 0.3) is 11.2 Å². The van der Waals surface area contributed by atoms with E-state index in [1.54, 1.807) is 0 Å². The van der Waals surface area contributed by atoms with Crippen molar-refractivity contribution in [1.29, 1.82) is 0 Å². The molecule has 0 aliphatic carbocycles. The summed E-state index contributed by atoms with van der Waals surface area (Å²) in [5.74, 6) is 1.46. The van der Waals surface area contributed by atoms with Crippen molar-refractivity contribution < 1.29 is 9.47 Å². The fourth-order valence-corrected chi connectivity index (χ4v) is 3.02. The van der Waals surface area contributed by atoms with Crippen molar-refractivity contribution in [3.05, 3.63) is 24.2 Å². The molecule has 0 aromatic carbocycles. The molecule has 2 aliphatic heterocycles. The van der Waals surface area contributed by atoms with Crippen molar-refractivity contribution in [3.8, 4) is 0 Å². The number of pyridine rings is 1. The van der Waals surface area contributed by atoms with E-state index in [1.807, 2.05) is 18.3 Å². The van der Waals surface area contributed by atoms with E-state index in [0.29, 0.717) is 5.92 Å².